The summed E-state index contributed by atoms with van der Waals surface area (Å²) in [6.07, 6.45) is -0.285. The Kier molecular flexibility index (Phi) is 3.82. The van der Waals surface area contributed by atoms with Gasteiger partial charge in [0.1, 0.15) is 12.4 Å². The summed E-state index contributed by atoms with van der Waals surface area (Å²) in [6.45, 7) is -0.245. The summed E-state index contributed by atoms with van der Waals surface area (Å²) in [4.78, 5) is 21.5. The molecule has 0 unspecified atom stereocenters. The minimum atomic E-state index is -1.07. The topological polar surface area (TPSA) is 89.6 Å². The number of hydrogen-bond acceptors (Lipinski definition) is 4. The van der Waals surface area contributed by atoms with Crippen LogP contribution in [0.4, 0.5) is 10.1 Å². The molecule has 0 aromatic heterocycles. The Bertz CT molecular complexity index is 419. The van der Waals surface area contributed by atoms with E-state index < -0.39 is 17.8 Å². The normalized spacial score (nSPS) is 9.81. The molecule has 0 atom stereocenters. The van der Waals surface area contributed by atoms with Crippen molar-refractivity contribution < 1.29 is 23.8 Å². The first-order valence-corrected chi connectivity index (χ1v) is 4.44. The number of nitrogen functional groups attached to an aromatic ring is 1. The standard InChI is InChI=1S/C10H10FNO4/c11-6-1-2-7(8(12)5-6)10(15)16-4-3-9(13)14/h1-2,5H,3-4,12H2,(H,13,14). The Balaban J connectivity index is 2.63. The molecule has 0 amide bonds. The maximum atomic E-state index is 12.7. The molecule has 5 nitrogen and oxygen atoms in total. The van der Waals surface area contributed by atoms with Gasteiger partial charge < -0.3 is 15.6 Å². The number of carbonyl (C=O) groups excluding carboxylic acids is 1. The van der Waals surface area contributed by atoms with Crippen LogP contribution < -0.4 is 5.73 Å². The molecule has 1 aromatic rings. The van der Waals surface area contributed by atoms with E-state index in [1.54, 1.807) is 0 Å². The van der Waals surface area contributed by atoms with Crippen LogP contribution in [0.3, 0.4) is 0 Å². The lowest BCUT2D eigenvalue weighted by atomic mass is 10.2. The molecule has 0 saturated carbocycles. The van der Waals surface area contributed by atoms with E-state index in [-0.39, 0.29) is 24.3 Å². The second-order valence-electron chi connectivity index (χ2n) is 3.01. The minimum absolute atomic E-state index is 0.0202. The molecule has 0 fully saturated rings. The molecule has 1 rings (SSSR count). The summed E-state index contributed by atoms with van der Waals surface area (Å²) < 4.78 is 17.3. The highest BCUT2D eigenvalue weighted by Crippen LogP contribution is 2.14. The number of halogens is 1. The van der Waals surface area contributed by atoms with Gasteiger partial charge in [0.05, 0.1) is 12.0 Å². The van der Waals surface area contributed by atoms with Crippen LogP contribution in [0.2, 0.25) is 0 Å². The van der Waals surface area contributed by atoms with E-state index >= 15 is 0 Å². The van der Waals surface area contributed by atoms with Crippen LogP contribution >= 0.6 is 0 Å². The first-order chi connectivity index (χ1) is 7.50. The molecular weight excluding hydrogens is 217 g/mol. The fourth-order valence-corrected chi connectivity index (χ4v) is 1.03. The molecule has 6 heteroatoms. The Morgan fingerprint density at radius 2 is 2.12 bits per heavy atom. The van der Waals surface area contributed by atoms with Crippen LogP contribution in [0.5, 0.6) is 0 Å². The smallest absolute Gasteiger partial charge is 0.340 e. The number of benzene rings is 1. The molecular formula is C10H10FNO4. The number of aliphatic carboxylic acids is 1. The summed E-state index contributed by atoms with van der Waals surface area (Å²) in [6, 6.07) is 3.26. The quantitative estimate of drug-likeness (QED) is 0.592. The monoisotopic (exact) mass is 227 g/mol. The molecule has 1 aromatic carbocycles. The van der Waals surface area contributed by atoms with Gasteiger partial charge in [0.15, 0.2) is 0 Å². The zero-order chi connectivity index (χ0) is 12.1. The van der Waals surface area contributed by atoms with Crippen molar-refractivity contribution in [3.8, 4) is 0 Å². The summed E-state index contributed by atoms with van der Waals surface area (Å²) in [7, 11) is 0. The summed E-state index contributed by atoms with van der Waals surface area (Å²) in [5.74, 6) is -2.39. The molecule has 0 radical (unpaired) electrons. The van der Waals surface area contributed by atoms with E-state index in [1.807, 2.05) is 0 Å². The maximum absolute atomic E-state index is 12.7. The van der Waals surface area contributed by atoms with E-state index in [4.69, 9.17) is 10.8 Å². The second kappa shape index (κ2) is 5.11. The van der Waals surface area contributed by atoms with Crippen molar-refractivity contribution in [3.63, 3.8) is 0 Å². The number of ether oxygens (including phenoxy) is 1. The average Bonchev–Trinajstić information content (AvgIpc) is 2.16. The van der Waals surface area contributed by atoms with Crippen LogP contribution in [-0.4, -0.2) is 23.7 Å². The number of anilines is 1. The van der Waals surface area contributed by atoms with Gasteiger partial charge in [-0.15, -0.1) is 0 Å². The van der Waals surface area contributed by atoms with Gasteiger partial charge >= 0.3 is 11.9 Å². The van der Waals surface area contributed by atoms with Gasteiger partial charge in [-0.1, -0.05) is 0 Å². The Morgan fingerprint density at radius 3 is 2.69 bits per heavy atom. The van der Waals surface area contributed by atoms with Gasteiger partial charge in [-0.3, -0.25) is 4.79 Å². The van der Waals surface area contributed by atoms with Crippen molar-refractivity contribution in [3.05, 3.63) is 29.6 Å². The number of nitrogens with two attached hydrogens (primary N) is 1. The van der Waals surface area contributed by atoms with Crippen molar-refractivity contribution in [1.29, 1.82) is 0 Å². The first-order valence-electron chi connectivity index (χ1n) is 4.44. The molecule has 0 bridgehead atoms. The van der Waals surface area contributed by atoms with E-state index in [9.17, 15) is 14.0 Å². The summed E-state index contributed by atoms with van der Waals surface area (Å²) in [5, 5.41) is 8.32. The lowest BCUT2D eigenvalue weighted by Gasteiger charge is -2.05. The average molecular weight is 227 g/mol. The predicted molar refractivity (Wildman–Crippen MR) is 53.3 cm³/mol. The zero-order valence-corrected chi connectivity index (χ0v) is 8.27. The van der Waals surface area contributed by atoms with E-state index in [0.29, 0.717) is 0 Å². The van der Waals surface area contributed by atoms with Crippen molar-refractivity contribution in [2.24, 2.45) is 0 Å². The number of carboxylic acid groups (broad SMARTS) is 1. The van der Waals surface area contributed by atoms with Crippen LogP contribution in [0.15, 0.2) is 18.2 Å². The van der Waals surface area contributed by atoms with Crippen LogP contribution in [-0.2, 0) is 9.53 Å². The lowest BCUT2D eigenvalue weighted by Crippen LogP contribution is -2.11. The fraction of sp³-hybridized carbons (Fsp3) is 0.200. The van der Waals surface area contributed by atoms with Crippen molar-refractivity contribution in [1.82, 2.24) is 0 Å². The summed E-state index contributed by atoms with van der Waals surface area (Å²) in [5.41, 5.74) is 5.38. The van der Waals surface area contributed by atoms with Gasteiger partial charge in [-0.05, 0) is 18.2 Å². The maximum Gasteiger partial charge on any atom is 0.340 e. The number of carbonyl (C=O) groups is 2. The number of esters is 1. The number of carboxylic acids is 1. The third-order valence-corrected chi connectivity index (χ3v) is 1.78. The largest absolute Gasteiger partial charge is 0.481 e. The molecule has 16 heavy (non-hydrogen) atoms. The minimum Gasteiger partial charge on any atom is -0.481 e. The van der Waals surface area contributed by atoms with Crippen molar-refractivity contribution >= 4 is 17.6 Å². The van der Waals surface area contributed by atoms with E-state index in [2.05, 4.69) is 4.74 Å². The summed E-state index contributed by atoms with van der Waals surface area (Å²) >= 11 is 0. The number of hydrogen-bond donors (Lipinski definition) is 2. The van der Waals surface area contributed by atoms with Gasteiger partial charge in [-0.25, -0.2) is 9.18 Å². The molecule has 0 spiro atoms. The Hall–Kier alpha value is -2.11. The fourth-order valence-electron chi connectivity index (χ4n) is 1.03. The highest BCUT2D eigenvalue weighted by Gasteiger charge is 2.12. The van der Waals surface area contributed by atoms with Gasteiger partial charge in [0.2, 0.25) is 0 Å². The van der Waals surface area contributed by atoms with Crippen molar-refractivity contribution in [2.75, 3.05) is 12.3 Å². The van der Waals surface area contributed by atoms with Crippen LogP contribution in [0.25, 0.3) is 0 Å². The lowest BCUT2D eigenvalue weighted by molar-refractivity contribution is -0.137. The second-order valence-corrected chi connectivity index (χ2v) is 3.01. The van der Waals surface area contributed by atoms with Gasteiger partial charge in [0, 0.05) is 5.69 Å². The number of rotatable bonds is 4. The molecule has 0 aliphatic heterocycles. The van der Waals surface area contributed by atoms with Gasteiger partial charge in [0.25, 0.3) is 0 Å². The van der Waals surface area contributed by atoms with Crippen molar-refractivity contribution in [2.45, 2.75) is 6.42 Å². The zero-order valence-electron chi connectivity index (χ0n) is 8.27. The van der Waals surface area contributed by atoms with Gasteiger partial charge in [-0.2, -0.15) is 0 Å². The first kappa shape index (κ1) is 12.0. The molecule has 0 heterocycles. The molecule has 0 aliphatic carbocycles. The molecule has 0 aliphatic rings. The van der Waals surface area contributed by atoms with Crippen LogP contribution in [0, 0.1) is 5.82 Å². The predicted octanol–water partition coefficient (Wildman–Crippen LogP) is 1.04. The molecule has 0 saturated heterocycles. The third kappa shape index (κ3) is 3.23. The highest BCUT2D eigenvalue weighted by molar-refractivity contribution is 5.95. The molecule has 86 valence electrons. The van der Waals surface area contributed by atoms with E-state index in [1.165, 1.54) is 6.07 Å². The molecule has 3 N–H and O–H groups in total. The highest BCUT2D eigenvalue weighted by atomic mass is 19.1. The SMILES string of the molecule is Nc1cc(F)ccc1C(=O)OCCC(=O)O. The van der Waals surface area contributed by atoms with Crippen LogP contribution in [0.1, 0.15) is 16.8 Å². The third-order valence-electron chi connectivity index (χ3n) is 1.78. The Morgan fingerprint density at radius 1 is 1.44 bits per heavy atom. The Labute approximate surface area is 90.6 Å². The van der Waals surface area contributed by atoms with E-state index in [0.717, 1.165) is 12.1 Å².